The number of amides is 1. The zero-order chi connectivity index (χ0) is 26.8. The van der Waals surface area contributed by atoms with Crippen molar-refractivity contribution >= 4 is 29.1 Å². The minimum absolute atomic E-state index is 0.432. The van der Waals surface area contributed by atoms with Gasteiger partial charge in [-0.2, -0.15) is 0 Å². The average molecular weight is 510 g/mol. The molecule has 1 saturated heterocycles. The predicted molar refractivity (Wildman–Crippen MR) is 150 cm³/mol. The van der Waals surface area contributed by atoms with Crippen LogP contribution >= 0.6 is 0 Å². The summed E-state index contributed by atoms with van der Waals surface area (Å²) in [5.41, 5.74) is 5.65. The summed E-state index contributed by atoms with van der Waals surface area (Å²) in [5.74, 6) is 0.866. The highest BCUT2D eigenvalue weighted by atomic mass is 16.5. The van der Waals surface area contributed by atoms with Crippen LogP contribution < -0.4 is 9.80 Å². The lowest BCUT2D eigenvalue weighted by molar-refractivity contribution is 0.180. The summed E-state index contributed by atoms with van der Waals surface area (Å²) in [5, 5.41) is 0. The van der Waals surface area contributed by atoms with E-state index in [2.05, 4.69) is 33.1 Å². The highest BCUT2D eigenvalue weighted by Gasteiger charge is 2.26. The van der Waals surface area contributed by atoms with Crippen LogP contribution in [0.25, 0.3) is 32.9 Å². The van der Waals surface area contributed by atoms with Crippen LogP contribution in [0.15, 0.2) is 60.9 Å². The van der Waals surface area contributed by atoms with Gasteiger partial charge in [0.1, 0.15) is 5.65 Å². The first-order valence-corrected chi connectivity index (χ1v) is 12.6. The maximum absolute atomic E-state index is 12.0. The third kappa shape index (κ3) is 4.66. The molecule has 0 radical (unpaired) electrons. The summed E-state index contributed by atoms with van der Waals surface area (Å²) < 4.78 is 6.92. The average Bonchev–Trinajstić information content (AvgIpc) is 3.45. The molecule has 9 heteroatoms. The molecule has 0 unspecified atom stereocenters. The van der Waals surface area contributed by atoms with Crippen molar-refractivity contribution in [2.24, 2.45) is 0 Å². The summed E-state index contributed by atoms with van der Waals surface area (Å²) in [6, 6.07) is 15.8. The fourth-order valence-electron chi connectivity index (χ4n) is 5.03. The Kier molecular flexibility index (Phi) is 6.99. The van der Waals surface area contributed by atoms with Gasteiger partial charge in [0, 0.05) is 44.3 Å². The molecular weight excluding hydrogens is 478 g/mol. The molecule has 0 N–H and O–H groups in total. The normalized spacial score (nSPS) is 14.1. The minimum atomic E-state index is -0.432. The Labute approximate surface area is 222 Å². The molecule has 2 aromatic carbocycles. The van der Waals surface area contributed by atoms with E-state index in [0.29, 0.717) is 11.7 Å². The number of rotatable bonds is 5. The van der Waals surface area contributed by atoms with Crippen molar-refractivity contribution in [3.8, 4) is 22.4 Å². The number of imidazole rings is 1. The van der Waals surface area contributed by atoms with E-state index in [1.165, 1.54) is 12.0 Å². The summed E-state index contributed by atoms with van der Waals surface area (Å²) in [7, 11) is 7.32. The lowest BCUT2D eigenvalue weighted by Gasteiger charge is -2.36. The Hall–Kier alpha value is -4.42. The quantitative estimate of drug-likeness (QED) is 0.338. The molecule has 1 aliphatic rings. The summed E-state index contributed by atoms with van der Waals surface area (Å²) in [4.78, 5) is 31.6. The van der Waals surface area contributed by atoms with Crippen molar-refractivity contribution < 1.29 is 9.53 Å². The van der Waals surface area contributed by atoms with Crippen molar-refractivity contribution in [1.29, 1.82) is 0 Å². The van der Waals surface area contributed by atoms with Gasteiger partial charge in [-0.25, -0.2) is 19.6 Å². The third-order valence-corrected chi connectivity index (χ3v) is 7.27. The number of methoxy groups -OCH3 is 1. The van der Waals surface area contributed by atoms with E-state index in [0.717, 1.165) is 65.6 Å². The van der Waals surface area contributed by atoms with Crippen LogP contribution in [-0.4, -0.2) is 72.7 Å². The van der Waals surface area contributed by atoms with Crippen molar-refractivity contribution in [1.82, 2.24) is 19.3 Å². The molecule has 1 aliphatic heterocycles. The first kappa shape index (κ1) is 25.2. The van der Waals surface area contributed by atoms with Crippen molar-refractivity contribution in [3.05, 3.63) is 72.3 Å². The van der Waals surface area contributed by atoms with E-state index in [4.69, 9.17) is 21.3 Å². The van der Waals surface area contributed by atoms with Gasteiger partial charge in [-0.1, -0.05) is 36.4 Å². The first-order chi connectivity index (χ1) is 18.4. The lowest BCUT2D eigenvalue weighted by Crippen LogP contribution is -2.43. The van der Waals surface area contributed by atoms with E-state index < -0.39 is 6.09 Å². The summed E-state index contributed by atoms with van der Waals surface area (Å²) in [6.45, 7) is 9.16. The number of fused-ring (bicyclic) bond motifs is 1. The molecule has 0 bridgehead atoms. The number of hydrogen-bond donors (Lipinski definition) is 0. The van der Waals surface area contributed by atoms with Crippen LogP contribution in [0.3, 0.4) is 0 Å². The Morgan fingerprint density at radius 3 is 2.29 bits per heavy atom. The highest BCUT2D eigenvalue weighted by Crippen LogP contribution is 2.38. The molecule has 1 fully saturated rings. The molecule has 0 atom stereocenters. The lowest BCUT2D eigenvalue weighted by atomic mass is 9.99. The maximum atomic E-state index is 12.0. The number of benzene rings is 2. The van der Waals surface area contributed by atoms with Gasteiger partial charge in [0.25, 0.3) is 0 Å². The molecule has 3 heterocycles. The van der Waals surface area contributed by atoms with Crippen LogP contribution in [0.4, 0.5) is 22.1 Å². The second-order valence-electron chi connectivity index (χ2n) is 9.67. The van der Waals surface area contributed by atoms with Gasteiger partial charge in [-0.15, -0.1) is 0 Å². The third-order valence-electron chi connectivity index (χ3n) is 7.27. The van der Waals surface area contributed by atoms with Gasteiger partial charge in [-0.3, -0.25) is 9.30 Å². The molecule has 1 amide bonds. The van der Waals surface area contributed by atoms with Gasteiger partial charge in [0.2, 0.25) is 5.95 Å². The number of hydrogen-bond acceptors (Lipinski definition) is 6. The standard InChI is InChI=1S/C29H31N7O2/c1-30-22-10-6-21(7-11-22)26-25(20-8-12-24(13-9-20)34(4)29(37)38-5)27-31-16-19-36(27)28(32-26)35-17-14-23(15-18-35)33(2)3/h6-13,16,19,23H,14-15,17-18H2,2-5H3. The number of carbonyl (C=O) groups is 1. The number of aromatic nitrogens is 3. The van der Waals surface area contributed by atoms with Crippen LogP contribution in [0, 0.1) is 6.57 Å². The van der Waals surface area contributed by atoms with Gasteiger partial charge in [0.05, 0.1) is 24.9 Å². The summed E-state index contributed by atoms with van der Waals surface area (Å²) in [6.07, 6.45) is 5.47. The van der Waals surface area contributed by atoms with Crippen molar-refractivity contribution in [3.63, 3.8) is 0 Å². The number of nitrogens with zero attached hydrogens (tertiary/aromatic N) is 7. The monoisotopic (exact) mass is 509 g/mol. The van der Waals surface area contributed by atoms with Crippen LogP contribution in [0.2, 0.25) is 0 Å². The Morgan fingerprint density at radius 2 is 1.68 bits per heavy atom. The molecular formula is C29H31N7O2. The fourth-order valence-corrected chi connectivity index (χ4v) is 5.03. The highest BCUT2D eigenvalue weighted by molar-refractivity contribution is 5.93. The molecule has 9 nitrogen and oxygen atoms in total. The van der Waals surface area contributed by atoms with Crippen molar-refractivity contribution in [2.75, 3.05) is 51.1 Å². The Bertz CT molecular complexity index is 1480. The van der Waals surface area contributed by atoms with E-state index in [9.17, 15) is 4.79 Å². The molecule has 2 aromatic heterocycles. The van der Waals surface area contributed by atoms with Crippen LogP contribution in [-0.2, 0) is 4.74 Å². The summed E-state index contributed by atoms with van der Waals surface area (Å²) >= 11 is 0. The molecule has 38 heavy (non-hydrogen) atoms. The Morgan fingerprint density at radius 1 is 1.03 bits per heavy atom. The maximum Gasteiger partial charge on any atom is 0.413 e. The molecule has 4 aromatic rings. The second kappa shape index (κ2) is 10.5. The molecule has 0 spiro atoms. The number of carbonyl (C=O) groups excluding carboxylic acids is 1. The van der Waals surface area contributed by atoms with Gasteiger partial charge in [0.15, 0.2) is 5.69 Å². The van der Waals surface area contributed by atoms with E-state index in [-0.39, 0.29) is 0 Å². The minimum Gasteiger partial charge on any atom is -0.452 e. The zero-order valence-electron chi connectivity index (χ0n) is 22.1. The number of ether oxygens (including phenoxy) is 1. The van der Waals surface area contributed by atoms with E-state index in [1.54, 1.807) is 7.05 Å². The molecule has 194 valence electrons. The predicted octanol–water partition coefficient (Wildman–Crippen LogP) is 5.35. The smallest absolute Gasteiger partial charge is 0.413 e. The zero-order valence-corrected chi connectivity index (χ0v) is 22.1. The molecule has 5 rings (SSSR count). The largest absolute Gasteiger partial charge is 0.452 e. The van der Waals surface area contributed by atoms with E-state index in [1.807, 2.05) is 60.9 Å². The SMILES string of the molecule is [C-]#[N+]c1ccc(-c2nc(N3CCC(N(C)C)CC3)n3ccnc3c2-c2ccc(N(C)C(=O)OC)cc2)cc1. The fraction of sp³-hybridized carbons (Fsp3) is 0.310. The van der Waals surface area contributed by atoms with Gasteiger partial charge < -0.3 is 14.5 Å². The van der Waals surface area contributed by atoms with Crippen molar-refractivity contribution in [2.45, 2.75) is 18.9 Å². The Balaban J connectivity index is 1.64. The number of anilines is 2. The van der Waals surface area contributed by atoms with Gasteiger partial charge in [-0.05, 0) is 50.2 Å². The van der Waals surface area contributed by atoms with Crippen LogP contribution in [0.1, 0.15) is 12.8 Å². The topological polar surface area (TPSA) is 70.6 Å². The molecule has 0 aliphatic carbocycles. The van der Waals surface area contributed by atoms with Gasteiger partial charge >= 0.3 is 6.09 Å². The van der Waals surface area contributed by atoms with Crippen LogP contribution in [0.5, 0.6) is 0 Å². The second-order valence-corrected chi connectivity index (χ2v) is 9.67. The first-order valence-electron chi connectivity index (χ1n) is 12.6. The van der Waals surface area contributed by atoms with E-state index >= 15 is 0 Å². The molecule has 0 saturated carbocycles. The number of piperidine rings is 1.